The summed E-state index contributed by atoms with van der Waals surface area (Å²) in [6.45, 7) is 4.43. The van der Waals surface area contributed by atoms with Crippen LogP contribution in [0.15, 0.2) is 18.2 Å². The predicted octanol–water partition coefficient (Wildman–Crippen LogP) is 3.15. The summed E-state index contributed by atoms with van der Waals surface area (Å²) in [4.78, 5) is 2.62. The molecular weight excluding hydrogens is 291 g/mol. The van der Waals surface area contributed by atoms with E-state index in [4.69, 9.17) is 4.74 Å². The van der Waals surface area contributed by atoms with Crippen molar-refractivity contribution in [2.24, 2.45) is 5.92 Å². The second-order valence-electron chi connectivity index (χ2n) is 7.99. The molecule has 4 aliphatic heterocycles. The van der Waals surface area contributed by atoms with Crippen molar-refractivity contribution in [3.63, 3.8) is 0 Å². The maximum Gasteiger partial charge on any atom is 0.123 e. The maximum atomic E-state index is 13.7. The van der Waals surface area contributed by atoms with Crippen LogP contribution in [0.25, 0.3) is 0 Å². The Morgan fingerprint density at radius 2 is 2.13 bits per heavy atom. The van der Waals surface area contributed by atoms with E-state index in [1.165, 1.54) is 31.4 Å². The summed E-state index contributed by atoms with van der Waals surface area (Å²) in [6, 6.07) is 5.22. The van der Waals surface area contributed by atoms with Crippen LogP contribution in [-0.2, 0) is 10.2 Å². The number of fused-ring (bicyclic) bond motifs is 4. The molecule has 0 amide bonds. The highest BCUT2D eigenvalue weighted by atomic mass is 19.1. The molecule has 4 heterocycles. The molecule has 0 radical (unpaired) electrons. The van der Waals surface area contributed by atoms with E-state index in [-0.39, 0.29) is 11.2 Å². The number of hydrogen-bond donors (Lipinski definition) is 1. The first kappa shape index (κ1) is 14.2. The van der Waals surface area contributed by atoms with Crippen molar-refractivity contribution in [3.8, 4) is 0 Å². The van der Waals surface area contributed by atoms with Crippen LogP contribution in [-0.4, -0.2) is 43.3 Å². The standard InChI is InChI=1S/C19H25FN2O/c20-14-1-3-17-16(10-14)19(12-21-17)5-7-22(8-6-19)11-13-9-15-2-4-18(13)23-15/h1,3,10,13,15,18,21H,2,4-9,11-12H2/t13-,15+,18-/m0/s1. The van der Waals surface area contributed by atoms with Crippen molar-refractivity contribution in [1.82, 2.24) is 4.90 Å². The van der Waals surface area contributed by atoms with Gasteiger partial charge in [-0.25, -0.2) is 4.39 Å². The number of halogens is 1. The second-order valence-corrected chi connectivity index (χ2v) is 7.99. The number of benzene rings is 1. The lowest BCUT2D eigenvalue weighted by molar-refractivity contribution is 0.0768. The smallest absolute Gasteiger partial charge is 0.123 e. The molecule has 4 aliphatic rings. The first-order valence-corrected chi connectivity index (χ1v) is 9.14. The predicted molar refractivity (Wildman–Crippen MR) is 88.2 cm³/mol. The molecule has 1 aromatic carbocycles. The Labute approximate surface area is 137 Å². The van der Waals surface area contributed by atoms with Crippen molar-refractivity contribution in [2.75, 3.05) is 31.5 Å². The average molecular weight is 316 g/mol. The van der Waals surface area contributed by atoms with Gasteiger partial charge in [0.05, 0.1) is 12.2 Å². The van der Waals surface area contributed by atoms with Crippen molar-refractivity contribution >= 4 is 5.69 Å². The van der Waals surface area contributed by atoms with Crippen LogP contribution in [0, 0.1) is 11.7 Å². The third-order valence-electron chi connectivity index (χ3n) is 6.71. The molecule has 0 saturated carbocycles. The molecule has 23 heavy (non-hydrogen) atoms. The van der Waals surface area contributed by atoms with Gasteiger partial charge in [0.15, 0.2) is 0 Å². The van der Waals surface area contributed by atoms with Crippen LogP contribution in [0.1, 0.15) is 37.7 Å². The van der Waals surface area contributed by atoms with Gasteiger partial charge in [0.1, 0.15) is 5.82 Å². The molecule has 1 aromatic rings. The van der Waals surface area contributed by atoms with Gasteiger partial charge < -0.3 is 15.0 Å². The second kappa shape index (κ2) is 5.18. The Morgan fingerprint density at radius 1 is 1.26 bits per heavy atom. The molecule has 1 N–H and O–H groups in total. The van der Waals surface area contributed by atoms with Crippen molar-refractivity contribution in [1.29, 1.82) is 0 Å². The number of nitrogens with one attached hydrogen (secondary N) is 1. The highest BCUT2D eigenvalue weighted by Gasteiger charge is 2.44. The number of likely N-dealkylation sites (tertiary alicyclic amines) is 1. The number of hydrogen-bond acceptors (Lipinski definition) is 3. The summed E-state index contributed by atoms with van der Waals surface area (Å²) in [7, 11) is 0. The van der Waals surface area contributed by atoms with Crippen LogP contribution in [0.3, 0.4) is 0 Å². The molecule has 0 aliphatic carbocycles. The van der Waals surface area contributed by atoms with E-state index in [9.17, 15) is 4.39 Å². The summed E-state index contributed by atoms with van der Waals surface area (Å²) in [5, 5.41) is 3.49. The zero-order valence-electron chi connectivity index (χ0n) is 13.6. The lowest BCUT2D eigenvalue weighted by Gasteiger charge is -2.40. The van der Waals surface area contributed by atoms with E-state index in [2.05, 4.69) is 10.2 Å². The zero-order valence-corrected chi connectivity index (χ0v) is 13.6. The van der Waals surface area contributed by atoms with E-state index >= 15 is 0 Å². The Balaban J connectivity index is 1.26. The van der Waals surface area contributed by atoms with Crippen molar-refractivity contribution in [3.05, 3.63) is 29.6 Å². The summed E-state index contributed by atoms with van der Waals surface area (Å²) in [5.41, 5.74) is 2.50. The Morgan fingerprint density at radius 3 is 2.87 bits per heavy atom. The molecule has 0 unspecified atom stereocenters. The summed E-state index contributed by atoms with van der Waals surface area (Å²) in [6.07, 6.45) is 7.16. The van der Waals surface area contributed by atoms with Crippen molar-refractivity contribution < 1.29 is 9.13 Å². The number of nitrogens with zero attached hydrogens (tertiary/aromatic N) is 1. The molecule has 3 nitrogen and oxygen atoms in total. The minimum Gasteiger partial charge on any atom is -0.384 e. The lowest BCUT2D eigenvalue weighted by atomic mass is 9.74. The highest BCUT2D eigenvalue weighted by molar-refractivity contribution is 5.60. The van der Waals surface area contributed by atoms with E-state index in [1.807, 2.05) is 6.07 Å². The van der Waals surface area contributed by atoms with Gasteiger partial charge in [0, 0.05) is 30.1 Å². The van der Waals surface area contributed by atoms with Gasteiger partial charge in [-0.3, -0.25) is 0 Å². The van der Waals surface area contributed by atoms with E-state index in [0.717, 1.165) is 44.1 Å². The number of ether oxygens (including phenoxy) is 1. The molecule has 5 rings (SSSR count). The average Bonchev–Trinajstić information content (AvgIpc) is 3.25. The number of piperidine rings is 1. The van der Waals surface area contributed by atoms with Gasteiger partial charge in [0.25, 0.3) is 0 Å². The van der Waals surface area contributed by atoms with Gasteiger partial charge in [-0.2, -0.15) is 0 Å². The molecular formula is C19H25FN2O. The maximum absolute atomic E-state index is 13.7. The molecule has 0 aromatic heterocycles. The first-order valence-electron chi connectivity index (χ1n) is 9.14. The Kier molecular flexibility index (Phi) is 3.21. The molecule has 4 heteroatoms. The molecule has 3 atom stereocenters. The van der Waals surface area contributed by atoms with Crippen LogP contribution < -0.4 is 5.32 Å². The van der Waals surface area contributed by atoms with Gasteiger partial charge >= 0.3 is 0 Å². The minimum absolute atomic E-state index is 0.103. The molecule has 3 saturated heterocycles. The third-order valence-corrected chi connectivity index (χ3v) is 6.71. The highest BCUT2D eigenvalue weighted by Crippen LogP contribution is 2.45. The fraction of sp³-hybridized carbons (Fsp3) is 0.684. The number of rotatable bonds is 2. The Bertz CT molecular complexity index is 611. The summed E-state index contributed by atoms with van der Waals surface area (Å²) in [5.74, 6) is 0.641. The minimum atomic E-state index is -0.103. The van der Waals surface area contributed by atoms with Crippen molar-refractivity contribution in [2.45, 2.75) is 49.7 Å². The number of anilines is 1. The van der Waals surface area contributed by atoms with Gasteiger partial charge in [-0.1, -0.05) is 0 Å². The van der Waals surface area contributed by atoms with Crippen LogP contribution >= 0.6 is 0 Å². The van der Waals surface area contributed by atoms with Gasteiger partial charge in [0.2, 0.25) is 0 Å². The summed E-state index contributed by atoms with van der Waals surface area (Å²) < 4.78 is 19.7. The fourth-order valence-corrected chi connectivity index (χ4v) is 5.35. The van der Waals surface area contributed by atoms with E-state index < -0.39 is 0 Å². The van der Waals surface area contributed by atoms with Crippen LogP contribution in [0.4, 0.5) is 10.1 Å². The van der Waals surface area contributed by atoms with Crippen LogP contribution in [0.5, 0.6) is 0 Å². The fourth-order valence-electron chi connectivity index (χ4n) is 5.35. The molecule has 2 bridgehead atoms. The van der Waals surface area contributed by atoms with Gasteiger partial charge in [-0.15, -0.1) is 0 Å². The van der Waals surface area contributed by atoms with Gasteiger partial charge in [-0.05, 0) is 69.0 Å². The lowest BCUT2D eigenvalue weighted by Crippen LogP contribution is -2.46. The quantitative estimate of drug-likeness (QED) is 0.907. The normalized spacial score (nSPS) is 34.7. The topological polar surface area (TPSA) is 24.5 Å². The first-order chi connectivity index (χ1) is 11.2. The van der Waals surface area contributed by atoms with E-state index in [0.29, 0.717) is 12.2 Å². The Hall–Kier alpha value is -1.13. The van der Waals surface area contributed by atoms with Crippen LogP contribution in [0.2, 0.25) is 0 Å². The SMILES string of the molecule is Fc1ccc2c(c1)C1(CCN(C[C@@H]3C[C@H]4CC[C@@H]3O4)CC1)CN2. The monoisotopic (exact) mass is 316 g/mol. The molecule has 1 spiro atoms. The molecule has 124 valence electrons. The molecule has 3 fully saturated rings. The summed E-state index contributed by atoms with van der Waals surface area (Å²) >= 11 is 0. The zero-order chi connectivity index (χ0) is 15.4. The van der Waals surface area contributed by atoms with E-state index in [1.54, 1.807) is 12.1 Å². The largest absolute Gasteiger partial charge is 0.384 e. The third kappa shape index (κ3) is 2.30.